The van der Waals surface area contributed by atoms with Gasteiger partial charge in [0.15, 0.2) is 0 Å². The summed E-state index contributed by atoms with van der Waals surface area (Å²) in [5.41, 5.74) is 0.359. The Hall–Kier alpha value is -1.33. The number of carbonyl (C=O) groups is 1. The third-order valence-electron chi connectivity index (χ3n) is 4.12. The number of carbonyl (C=O) groups excluding carboxylic acids is 1. The van der Waals surface area contributed by atoms with Crippen LogP contribution in [0.3, 0.4) is 0 Å². The minimum atomic E-state index is -0.179. The van der Waals surface area contributed by atoms with Gasteiger partial charge in [-0.15, -0.1) is 0 Å². The molecule has 0 aliphatic heterocycles. The highest BCUT2D eigenvalue weighted by Gasteiger charge is 2.49. The maximum absolute atomic E-state index is 12.3. The normalized spacial score (nSPS) is 23.9. The molecule has 0 radical (unpaired) electrons. The summed E-state index contributed by atoms with van der Waals surface area (Å²) < 4.78 is 5.38. The predicted molar refractivity (Wildman–Crippen MR) is 79.2 cm³/mol. The second kappa shape index (κ2) is 5.58. The lowest BCUT2D eigenvalue weighted by Crippen LogP contribution is -2.61. The molecule has 1 aliphatic carbocycles. The number of rotatable bonds is 4. The van der Waals surface area contributed by atoms with Gasteiger partial charge in [0.2, 0.25) is 0 Å². The fourth-order valence-corrected chi connectivity index (χ4v) is 2.70. The Balaban J connectivity index is 2.10. The molecule has 1 saturated carbocycles. The Morgan fingerprint density at radius 1 is 1.55 bits per heavy atom. The number of nitrogens with zero attached hydrogens (tertiary/aromatic N) is 1. The summed E-state index contributed by atoms with van der Waals surface area (Å²) in [7, 11) is 3.44. The van der Waals surface area contributed by atoms with Gasteiger partial charge in [0.1, 0.15) is 5.82 Å². The molecule has 1 aromatic heterocycles. The van der Waals surface area contributed by atoms with Crippen LogP contribution < -0.4 is 10.6 Å². The molecule has 0 saturated heterocycles. The quantitative estimate of drug-likeness (QED) is 0.895. The van der Waals surface area contributed by atoms with E-state index in [4.69, 9.17) is 16.3 Å². The van der Waals surface area contributed by atoms with Crippen LogP contribution in [0.5, 0.6) is 0 Å². The smallest absolute Gasteiger partial charge is 0.253 e. The first-order chi connectivity index (χ1) is 9.40. The largest absolute Gasteiger partial charge is 0.381 e. The predicted octanol–water partition coefficient (Wildman–Crippen LogP) is 2.32. The van der Waals surface area contributed by atoms with Gasteiger partial charge in [-0.2, -0.15) is 0 Å². The SMILES string of the molecule is CNc1cc(C(=O)NC2CC(OC)C2(C)C)c(Cl)cn1. The molecule has 0 bridgehead atoms. The molecule has 110 valence electrons. The first-order valence-corrected chi connectivity index (χ1v) is 6.95. The van der Waals surface area contributed by atoms with Crippen molar-refractivity contribution in [2.75, 3.05) is 19.5 Å². The van der Waals surface area contributed by atoms with E-state index in [1.807, 2.05) is 0 Å². The van der Waals surface area contributed by atoms with Crippen molar-refractivity contribution in [1.82, 2.24) is 10.3 Å². The van der Waals surface area contributed by atoms with Crippen LogP contribution in [0.15, 0.2) is 12.3 Å². The molecule has 1 aromatic rings. The lowest BCUT2D eigenvalue weighted by molar-refractivity contribution is -0.0942. The molecular weight excluding hydrogens is 278 g/mol. The lowest BCUT2D eigenvalue weighted by atomic mass is 9.64. The highest BCUT2D eigenvalue weighted by atomic mass is 35.5. The van der Waals surface area contributed by atoms with Gasteiger partial charge in [-0.05, 0) is 12.5 Å². The molecule has 20 heavy (non-hydrogen) atoms. The second-order valence-electron chi connectivity index (χ2n) is 5.61. The van der Waals surface area contributed by atoms with Gasteiger partial charge in [-0.1, -0.05) is 25.4 Å². The summed E-state index contributed by atoms with van der Waals surface area (Å²) in [4.78, 5) is 16.4. The zero-order valence-corrected chi connectivity index (χ0v) is 12.9. The zero-order chi connectivity index (χ0) is 14.9. The van der Waals surface area contributed by atoms with Gasteiger partial charge < -0.3 is 15.4 Å². The summed E-state index contributed by atoms with van der Waals surface area (Å²) in [5, 5.41) is 6.26. The topological polar surface area (TPSA) is 63.2 Å². The zero-order valence-electron chi connectivity index (χ0n) is 12.2. The van der Waals surface area contributed by atoms with E-state index in [0.29, 0.717) is 16.4 Å². The Kier molecular flexibility index (Phi) is 4.20. The van der Waals surface area contributed by atoms with Crippen LogP contribution in [-0.2, 0) is 4.74 Å². The van der Waals surface area contributed by atoms with Crippen molar-refractivity contribution < 1.29 is 9.53 Å². The van der Waals surface area contributed by atoms with Gasteiger partial charge in [0.05, 0.1) is 16.7 Å². The third-order valence-corrected chi connectivity index (χ3v) is 4.42. The molecule has 1 heterocycles. The van der Waals surface area contributed by atoms with Crippen LogP contribution in [0.2, 0.25) is 5.02 Å². The molecule has 2 atom stereocenters. The number of methoxy groups -OCH3 is 1. The van der Waals surface area contributed by atoms with Crippen molar-refractivity contribution in [2.24, 2.45) is 5.41 Å². The molecule has 2 rings (SSSR count). The van der Waals surface area contributed by atoms with Crippen LogP contribution in [-0.4, -0.2) is 37.2 Å². The van der Waals surface area contributed by atoms with Crippen LogP contribution in [0.25, 0.3) is 0 Å². The number of pyridine rings is 1. The molecule has 6 heteroatoms. The summed E-state index contributed by atoms with van der Waals surface area (Å²) in [5.74, 6) is 0.434. The van der Waals surface area contributed by atoms with Gasteiger partial charge in [0.25, 0.3) is 5.91 Å². The monoisotopic (exact) mass is 297 g/mol. The Morgan fingerprint density at radius 3 is 2.80 bits per heavy atom. The minimum absolute atomic E-state index is 0.0737. The molecule has 0 spiro atoms. The van der Waals surface area contributed by atoms with E-state index in [9.17, 15) is 4.79 Å². The summed E-state index contributed by atoms with van der Waals surface area (Å²) >= 11 is 6.04. The second-order valence-corrected chi connectivity index (χ2v) is 6.01. The maximum atomic E-state index is 12.3. The number of ether oxygens (including phenoxy) is 1. The minimum Gasteiger partial charge on any atom is -0.381 e. The lowest BCUT2D eigenvalue weighted by Gasteiger charge is -2.51. The Morgan fingerprint density at radius 2 is 2.25 bits per heavy atom. The fraction of sp³-hybridized carbons (Fsp3) is 0.571. The first-order valence-electron chi connectivity index (χ1n) is 6.57. The number of amides is 1. The molecule has 2 unspecified atom stereocenters. The number of hydrogen-bond donors (Lipinski definition) is 2. The summed E-state index contributed by atoms with van der Waals surface area (Å²) in [6.07, 6.45) is 2.47. The number of hydrogen-bond acceptors (Lipinski definition) is 4. The highest BCUT2D eigenvalue weighted by Crippen LogP contribution is 2.42. The van der Waals surface area contributed by atoms with E-state index in [0.717, 1.165) is 6.42 Å². The van der Waals surface area contributed by atoms with Gasteiger partial charge >= 0.3 is 0 Å². The number of halogens is 1. The van der Waals surface area contributed by atoms with E-state index in [-0.39, 0.29) is 23.5 Å². The maximum Gasteiger partial charge on any atom is 0.253 e. The van der Waals surface area contributed by atoms with E-state index in [2.05, 4.69) is 29.5 Å². The third kappa shape index (κ3) is 2.60. The van der Waals surface area contributed by atoms with Gasteiger partial charge in [0, 0.05) is 31.8 Å². The molecular formula is C14H20ClN3O2. The standard InChI is InChI=1S/C14H20ClN3O2/c1-14(2)10(6-11(14)20-4)18-13(19)8-5-12(16-3)17-7-9(8)15/h5,7,10-11H,6H2,1-4H3,(H,16,17)(H,18,19). The van der Waals surface area contributed by atoms with Crippen molar-refractivity contribution >= 4 is 23.3 Å². The molecule has 1 aliphatic rings. The van der Waals surface area contributed by atoms with E-state index >= 15 is 0 Å². The first kappa shape index (κ1) is 15.1. The molecule has 2 N–H and O–H groups in total. The number of nitrogens with one attached hydrogen (secondary N) is 2. The summed E-state index contributed by atoms with van der Waals surface area (Å²) in [6, 6.07) is 1.74. The van der Waals surface area contributed by atoms with Crippen LogP contribution in [0.4, 0.5) is 5.82 Å². The Bertz CT molecular complexity index is 519. The van der Waals surface area contributed by atoms with Crippen molar-refractivity contribution in [3.8, 4) is 0 Å². The van der Waals surface area contributed by atoms with Crippen LogP contribution in [0, 0.1) is 5.41 Å². The fourth-order valence-electron chi connectivity index (χ4n) is 2.52. The molecule has 1 amide bonds. The molecule has 0 aromatic carbocycles. The van der Waals surface area contributed by atoms with E-state index in [1.165, 1.54) is 6.20 Å². The average Bonchev–Trinajstić information content (AvgIpc) is 2.43. The van der Waals surface area contributed by atoms with Crippen LogP contribution >= 0.6 is 11.6 Å². The molecule has 1 fully saturated rings. The summed E-state index contributed by atoms with van der Waals surface area (Å²) in [6.45, 7) is 4.17. The van der Waals surface area contributed by atoms with Crippen molar-refractivity contribution in [3.05, 3.63) is 22.8 Å². The van der Waals surface area contributed by atoms with Crippen molar-refractivity contribution in [2.45, 2.75) is 32.4 Å². The van der Waals surface area contributed by atoms with Crippen LogP contribution in [0.1, 0.15) is 30.6 Å². The number of aromatic nitrogens is 1. The van der Waals surface area contributed by atoms with Gasteiger partial charge in [-0.25, -0.2) is 4.98 Å². The Labute approximate surface area is 124 Å². The van der Waals surface area contributed by atoms with Crippen molar-refractivity contribution in [3.63, 3.8) is 0 Å². The van der Waals surface area contributed by atoms with E-state index < -0.39 is 0 Å². The highest BCUT2D eigenvalue weighted by molar-refractivity contribution is 6.33. The van der Waals surface area contributed by atoms with Crippen molar-refractivity contribution in [1.29, 1.82) is 0 Å². The molecule has 5 nitrogen and oxygen atoms in total. The van der Waals surface area contributed by atoms with Gasteiger partial charge in [-0.3, -0.25) is 4.79 Å². The van der Waals surface area contributed by atoms with E-state index in [1.54, 1.807) is 20.2 Å². The number of anilines is 1. The average molecular weight is 298 g/mol.